The summed E-state index contributed by atoms with van der Waals surface area (Å²) in [6, 6.07) is 0. The van der Waals surface area contributed by atoms with Gasteiger partial charge < -0.3 is 0 Å². The summed E-state index contributed by atoms with van der Waals surface area (Å²) < 4.78 is 0. The second kappa shape index (κ2) is 4.50. The summed E-state index contributed by atoms with van der Waals surface area (Å²) in [7, 11) is 0. The highest BCUT2D eigenvalue weighted by atomic mass is 17.1. The molecule has 0 amide bonds. The van der Waals surface area contributed by atoms with Gasteiger partial charge in [-0.05, 0) is 61.9 Å². The standard InChI is InChI=1S/C14H24O2/c1-10(2)12-7-6-11(3)14(16-15)8-4-5-13(14)9-12/h10,12-13,15H,3-9H2,1-2H3/t12-,13-,14-/m1/s1. The van der Waals surface area contributed by atoms with E-state index in [0.717, 1.165) is 36.7 Å². The normalized spacial score (nSPS) is 39.9. The summed E-state index contributed by atoms with van der Waals surface area (Å²) in [5, 5.41) is 9.31. The second-order valence-corrected chi connectivity index (χ2v) is 5.95. The maximum Gasteiger partial charge on any atom is 0.127 e. The molecule has 0 aliphatic heterocycles. The van der Waals surface area contributed by atoms with Gasteiger partial charge in [0.2, 0.25) is 0 Å². The largest absolute Gasteiger partial charge is 0.251 e. The third-order valence-corrected chi connectivity index (χ3v) is 4.87. The van der Waals surface area contributed by atoms with Crippen molar-refractivity contribution in [3.8, 4) is 0 Å². The summed E-state index contributed by atoms with van der Waals surface area (Å²) in [5.74, 6) is 1.97. The van der Waals surface area contributed by atoms with Crippen molar-refractivity contribution in [2.45, 2.75) is 58.0 Å². The maximum absolute atomic E-state index is 9.31. The smallest absolute Gasteiger partial charge is 0.127 e. The van der Waals surface area contributed by atoms with Gasteiger partial charge in [-0.15, -0.1) is 0 Å². The van der Waals surface area contributed by atoms with E-state index >= 15 is 0 Å². The lowest BCUT2D eigenvalue weighted by molar-refractivity contribution is -0.320. The highest BCUT2D eigenvalue weighted by Crippen LogP contribution is 2.50. The molecule has 16 heavy (non-hydrogen) atoms. The van der Waals surface area contributed by atoms with E-state index in [9.17, 15) is 5.26 Å². The molecular weight excluding hydrogens is 200 g/mol. The van der Waals surface area contributed by atoms with Crippen molar-refractivity contribution >= 4 is 0 Å². The molecule has 2 fully saturated rings. The number of hydrogen-bond acceptors (Lipinski definition) is 2. The number of hydrogen-bond donors (Lipinski definition) is 1. The molecule has 0 radical (unpaired) electrons. The SMILES string of the molecule is C=C1CC[C@@H](C(C)C)C[C@H]2CCC[C@@]12OO. The van der Waals surface area contributed by atoms with Crippen LogP contribution in [0.25, 0.3) is 0 Å². The van der Waals surface area contributed by atoms with Crippen molar-refractivity contribution in [1.82, 2.24) is 0 Å². The minimum atomic E-state index is -0.399. The van der Waals surface area contributed by atoms with Crippen LogP contribution in [-0.2, 0) is 4.89 Å². The van der Waals surface area contributed by atoms with Gasteiger partial charge in [-0.25, -0.2) is 4.89 Å². The lowest BCUT2D eigenvalue weighted by Crippen LogP contribution is -2.37. The highest BCUT2D eigenvalue weighted by Gasteiger charge is 2.49. The zero-order valence-corrected chi connectivity index (χ0v) is 10.5. The molecule has 0 aromatic rings. The van der Waals surface area contributed by atoms with Gasteiger partial charge in [-0.3, -0.25) is 5.26 Å². The minimum absolute atomic E-state index is 0.399. The van der Waals surface area contributed by atoms with Crippen molar-refractivity contribution in [2.24, 2.45) is 17.8 Å². The van der Waals surface area contributed by atoms with Crippen LogP contribution in [0.5, 0.6) is 0 Å². The van der Waals surface area contributed by atoms with Gasteiger partial charge in [0.25, 0.3) is 0 Å². The van der Waals surface area contributed by atoms with Crippen LogP contribution in [0.1, 0.15) is 52.4 Å². The minimum Gasteiger partial charge on any atom is -0.251 e. The Labute approximate surface area is 98.6 Å². The molecular formula is C14H24O2. The van der Waals surface area contributed by atoms with Crippen LogP contribution >= 0.6 is 0 Å². The van der Waals surface area contributed by atoms with Gasteiger partial charge >= 0.3 is 0 Å². The Morgan fingerprint density at radius 2 is 2.19 bits per heavy atom. The van der Waals surface area contributed by atoms with Crippen molar-refractivity contribution in [3.63, 3.8) is 0 Å². The first-order chi connectivity index (χ1) is 7.60. The van der Waals surface area contributed by atoms with E-state index < -0.39 is 5.60 Å². The van der Waals surface area contributed by atoms with Gasteiger partial charge in [-0.2, -0.15) is 0 Å². The molecule has 2 heteroatoms. The molecule has 0 aromatic heterocycles. The van der Waals surface area contributed by atoms with Gasteiger partial charge in [0, 0.05) is 0 Å². The number of fused-ring (bicyclic) bond motifs is 1. The Bertz CT molecular complexity index is 272. The van der Waals surface area contributed by atoms with Crippen LogP contribution in [0, 0.1) is 17.8 Å². The first-order valence-electron chi connectivity index (χ1n) is 6.61. The molecule has 1 N–H and O–H groups in total. The highest BCUT2D eigenvalue weighted by molar-refractivity contribution is 5.20. The molecule has 0 aromatic carbocycles. The van der Waals surface area contributed by atoms with Crippen molar-refractivity contribution in [1.29, 1.82) is 0 Å². The van der Waals surface area contributed by atoms with Crippen LogP contribution < -0.4 is 0 Å². The van der Waals surface area contributed by atoms with Crippen LogP contribution in [0.2, 0.25) is 0 Å². The molecule has 2 nitrogen and oxygen atoms in total. The Kier molecular flexibility index (Phi) is 3.41. The van der Waals surface area contributed by atoms with Gasteiger partial charge in [0.1, 0.15) is 5.60 Å². The van der Waals surface area contributed by atoms with Crippen molar-refractivity contribution in [3.05, 3.63) is 12.2 Å². The van der Waals surface area contributed by atoms with Crippen molar-refractivity contribution in [2.75, 3.05) is 0 Å². The second-order valence-electron chi connectivity index (χ2n) is 5.95. The third-order valence-electron chi connectivity index (χ3n) is 4.87. The molecule has 2 rings (SSSR count). The molecule has 92 valence electrons. The first-order valence-corrected chi connectivity index (χ1v) is 6.61. The van der Waals surface area contributed by atoms with E-state index in [2.05, 4.69) is 20.4 Å². The summed E-state index contributed by atoms with van der Waals surface area (Å²) in [5.41, 5.74) is 0.726. The number of rotatable bonds is 2. The molecule has 0 saturated heterocycles. The molecule has 0 bridgehead atoms. The zero-order valence-electron chi connectivity index (χ0n) is 10.5. The third kappa shape index (κ3) is 1.82. The fourth-order valence-electron chi connectivity index (χ4n) is 3.67. The summed E-state index contributed by atoms with van der Waals surface area (Å²) in [4.78, 5) is 4.92. The van der Waals surface area contributed by atoms with Crippen LogP contribution in [0.3, 0.4) is 0 Å². The Hall–Kier alpha value is -0.340. The molecule has 2 aliphatic carbocycles. The van der Waals surface area contributed by atoms with Crippen LogP contribution in [0.15, 0.2) is 12.2 Å². The molecule has 0 heterocycles. The van der Waals surface area contributed by atoms with Gasteiger partial charge in [-0.1, -0.05) is 20.4 Å². The summed E-state index contributed by atoms with van der Waals surface area (Å²) in [6.07, 6.45) is 6.71. The topological polar surface area (TPSA) is 29.5 Å². The van der Waals surface area contributed by atoms with Gasteiger partial charge in [0.15, 0.2) is 0 Å². The van der Waals surface area contributed by atoms with Gasteiger partial charge in [0.05, 0.1) is 0 Å². The predicted molar refractivity (Wildman–Crippen MR) is 65.1 cm³/mol. The fraction of sp³-hybridized carbons (Fsp3) is 0.857. The van der Waals surface area contributed by atoms with E-state index in [1.54, 1.807) is 0 Å². The average molecular weight is 224 g/mol. The van der Waals surface area contributed by atoms with E-state index in [1.807, 2.05) is 0 Å². The fourth-order valence-corrected chi connectivity index (χ4v) is 3.67. The van der Waals surface area contributed by atoms with Crippen LogP contribution in [0.4, 0.5) is 0 Å². The Balaban J connectivity index is 2.22. The molecule has 0 unspecified atom stereocenters. The van der Waals surface area contributed by atoms with Crippen LogP contribution in [-0.4, -0.2) is 10.9 Å². The summed E-state index contributed by atoms with van der Waals surface area (Å²) in [6.45, 7) is 8.77. The Morgan fingerprint density at radius 1 is 1.44 bits per heavy atom. The van der Waals surface area contributed by atoms with E-state index in [1.165, 1.54) is 19.3 Å². The van der Waals surface area contributed by atoms with E-state index in [0.29, 0.717) is 5.92 Å². The molecule has 0 spiro atoms. The average Bonchev–Trinajstić information content (AvgIpc) is 2.61. The van der Waals surface area contributed by atoms with Crippen molar-refractivity contribution < 1.29 is 10.1 Å². The molecule has 2 aliphatic rings. The van der Waals surface area contributed by atoms with E-state index in [-0.39, 0.29) is 0 Å². The monoisotopic (exact) mass is 224 g/mol. The lowest BCUT2D eigenvalue weighted by atomic mass is 9.80. The first kappa shape index (κ1) is 12.1. The summed E-state index contributed by atoms with van der Waals surface area (Å²) >= 11 is 0. The molecule has 3 atom stereocenters. The lowest BCUT2D eigenvalue weighted by Gasteiger charge is -2.33. The van der Waals surface area contributed by atoms with E-state index in [4.69, 9.17) is 4.89 Å². The predicted octanol–water partition coefficient (Wildman–Crippen LogP) is 4.03. The quantitative estimate of drug-likeness (QED) is 0.436. The maximum atomic E-state index is 9.31. The Morgan fingerprint density at radius 3 is 2.81 bits per heavy atom. The molecule has 2 saturated carbocycles. The zero-order chi connectivity index (χ0) is 11.8.